The van der Waals surface area contributed by atoms with Gasteiger partial charge in [0.15, 0.2) is 9.84 Å². The van der Waals surface area contributed by atoms with Crippen molar-refractivity contribution < 1.29 is 27.7 Å². The van der Waals surface area contributed by atoms with Gasteiger partial charge < -0.3 is 24.6 Å². The minimum Gasteiger partial charge on any atom is -0.469 e. The van der Waals surface area contributed by atoms with E-state index in [4.69, 9.17) is 43.1 Å². The summed E-state index contributed by atoms with van der Waals surface area (Å²) in [6, 6.07) is -0.419. The van der Waals surface area contributed by atoms with Crippen molar-refractivity contribution in [2.45, 2.75) is 11.4 Å². The van der Waals surface area contributed by atoms with E-state index in [9.17, 15) is 8.42 Å². The van der Waals surface area contributed by atoms with Crippen LogP contribution in [0.1, 0.15) is 0 Å². The Bertz CT molecular complexity index is 419. The van der Waals surface area contributed by atoms with Crippen LogP contribution in [0, 0.1) is 0 Å². The number of hydrogen-bond acceptors (Lipinski definition) is 7. The predicted molar refractivity (Wildman–Crippen MR) is 82.5 cm³/mol. The Kier molecular flexibility index (Phi) is 8.76. The summed E-state index contributed by atoms with van der Waals surface area (Å²) < 4.78 is 38.2. The maximum atomic E-state index is 11.4. The van der Waals surface area contributed by atoms with Crippen LogP contribution < -0.4 is 5.32 Å². The Hall–Kier alpha value is -0.190. The molecule has 0 aromatic heterocycles. The Morgan fingerprint density at radius 3 is 2.38 bits per heavy atom. The largest absolute Gasteiger partial charge is 0.469 e. The Balaban J connectivity index is 2.04. The highest BCUT2D eigenvalue weighted by Gasteiger charge is 2.36. The summed E-state index contributed by atoms with van der Waals surface area (Å²) in [5.41, 5.74) is 0. The van der Waals surface area contributed by atoms with Gasteiger partial charge in [-0.05, 0) is 12.2 Å². The van der Waals surface area contributed by atoms with Crippen LogP contribution >= 0.6 is 23.8 Å². The van der Waals surface area contributed by atoms with Crippen molar-refractivity contribution in [3.8, 4) is 0 Å². The first-order chi connectivity index (χ1) is 9.94. The number of nitrogens with one attached hydrogen (secondary N) is 1. The molecule has 0 saturated carbocycles. The molecule has 7 nitrogen and oxygen atoms in total. The number of alkyl halides is 1. The van der Waals surface area contributed by atoms with Crippen molar-refractivity contribution in [2.75, 3.05) is 51.1 Å². The lowest BCUT2D eigenvalue weighted by atomic mass is 10.3. The van der Waals surface area contributed by atoms with Crippen LogP contribution in [0.5, 0.6) is 0 Å². The molecule has 1 saturated heterocycles. The van der Waals surface area contributed by atoms with Crippen LogP contribution in [-0.2, 0) is 24.0 Å². The normalized spacial score (nSPS) is 23.9. The van der Waals surface area contributed by atoms with Crippen molar-refractivity contribution in [1.82, 2.24) is 5.32 Å². The molecule has 1 heterocycles. The van der Waals surface area contributed by atoms with Gasteiger partial charge in [-0.15, -0.1) is 11.6 Å². The smallest absolute Gasteiger partial charge is 0.257 e. The summed E-state index contributed by atoms with van der Waals surface area (Å²) >= 11 is 10.9. The summed E-state index contributed by atoms with van der Waals surface area (Å²) in [4.78, 5) is 0. The van der Waals surface area contributed by atoms with Gasteiger partial charge in [-0.2, -0.15) is 0 Å². The first-order valence-electron chi connectivity index (χ1n) is 6.49. The zero-order valence-electron chi connectivity index (χ0n) is 11.5. The number of aliphatic hydroxyl groups is 1. The van der Waals surface area contributed by atoms with Gasteiger partial charge in [-0.3, -0.25) is 0 Å². The van der Waals surface area contributed by atoms with E-state index in [1.807, 2.05) is 0 Å². The van der Waals surface area contributed by atoms with Gasteiger partial charge in [0, 0.05) is 0 Å². The molecule has 0 radical (unpaired) electrons. The van der Waals surface area contributed by atoms with Gasteiger partial charge in [-0.25, -0.2) is 8.42 Å². The molecule has 10 heteroatoms. The lowest BCUT2D eigenvalue weighted by Gasteiger charge is -2.16. The third-order valence-corrected chi connectivity index (χ3v) is 5.27. The molecule has 1 rings (SSSR count). The summed E-state index contributed by atoms with van der Waals surface area (Å²) in [5, 5.41) is 10.9. The molecule has 0 aliphatic carbocycles. The molecule has 21 heavy (non-hydrogen) atoms. The van der Waals surface area contributed by atoms with Crippen molar-refractivity contribution in [3.63, 3.8) is 0 Å². The van der Waals surface area contributed by atoms with Crippen molar-refractivity contribution in [1.29, 1.82) is 0 Å². The monoisotopic (exact) mass is 361 g/mol. The van der Waals surface area contributed by atoms with Crippen molar-refractivity contribution in [3.05, 3.63) is 0 Å². The zero-order valence-corrected chi connectivity index (χ0v) is 13.9. The second-order valence-electron chi connectivity index (χ2n) is 4.43. The molecule has 2 N–H and O–H groups in total. The van der Waals surface area contributed by atoms with Gasteiger partial charge in [0.1, 0.15) is 6.61 Å². The second-order valence-corrected chi connectivity index (χ2v) is 7.51. The van der Waals surface area contributed by atoms with Crippen LogP contribution in [0.4, 0.5) is 0 Å². The third kappa shape index (κ3) is 8.12. The standard InChI is InChI=1S/C11H20ClNO6S2/c12-9-7-21(15,16)8-10(9)13-11(20)19-6-5-18-4-3-17-2-1-14/h9-10,14H,1-8H2,(H,13,20)/t9-,10-/m1/s1. The zero-order chi connectivity index (χ0) is 15.7. The van der Waals surface area contributed by atoms with E-state index >= 15 is 0 Å². The van der Waals surface area contributed by atoms with Crippen molar-refractivity contribution >= 4 is 38.8 Å². The van der Waals surface area contributed by atoms with Gasteiger partial charge in [0.05, 0.1) is 56.0 Å². The van der Waals surface area contributed by atoms with E-state index in [1.165, 1.54) is 0 Å². The minimum atomic E-state index is -3.10. The highest BCUT2D eigenvalue weighted by atomic mass is 35.5. The average molecular weight is 362 g/mol. The molecule has 0 aromatic carbocycles. The highest BCUT2D eigenvalue weighted by molar-refractivity contribution is 7.91. The number of aliphatic hydroxyl groups excluding tert-OH is 1. The molecule has 0 amide bonds. The molecule has 1 aliphatic rings. The summed E-state index contributed by atoms with van der Waals surface area (Å²) in [6.45, 7) is 1.65. The molecule has 0 spiro atoms. The topological polar surface area (TPSA) is 94.1 Å². The first kappa shape index (κ1) is 18.9. The number of thiocarbonyl (C=S) groups is 1. The lowest BCUT2D eigenvalue weighted by molar-refractivity contribution is 0.0234. The average Bonchev–Trinajstić information content (AvgIpc) is 2.65. The van der Waals surface area contributed by atoms with E-state index in [2.05, 4.69) is 5.32 Å². The summed E-state index contributed by atoms with van der Waals surface area (Å²) in [5.74, 6) is -0.0881. The fourth-order valence-electron chi connectivity index (χ4n) is 1.71. The van der Waals surface area contributed by atoms with Gasteiger partial charge in [0.25, 0.3) is 5.17 Å². The Morgan fingerprint density at radius 2 is 1.81 bits per heavy atom. The molecular formula is C11H20ClNO6S2. The molecule has 1 aliphatic heterocycles. The molecular weight excluding hydrogens is 342 g/mol. The molecule has 124 valence electrons. The number of hydrogen-bond donors (Lipinski definition) is 2. The molecule has 1 fully saturated rings. The lowest BCUT2D eigenvalue weighted by Crippen LogP contribution is -2.41. The first-order valence-corrected chi connectivity index (χ1v) is 9.15. The van der Waals surface area contributed by atoms with Crippen LogP contribution in [0.2, 0.25) is 0 Å². The highest BCUT2D eigenvalue weighted by Crippen LogP contribution is 2.17. The predicted octanol–water partition coefficient (Wildman–Crippen LogP) is -0.693. The molecule has 2 atom stereocenters. The van der Waals surface area contributed by atoms with E-state index < -0.39 is 21.3 Å². The number of ether oxygens (including phenoxy) is 3. The van der Waals surface area contributed by atoms with E-state index in [1.54, 1.807) is 0 Å². The molecule has 0 bridgehead atoms. The van der Waals surface area contributed by atoms with E-state index in [0.29, 0.717) is 19.8 Å². The minimum absolute atomic E-state index is 0.0124. The number of rotatable bonds is 9. The number of sulfone groups is 1. The van der Waals surface area contributed by atoms with Crippen LogP contribution in [-0.4, -0.2) is 81.3 Å². The maximum Gasteiger partial charge on any atom is 0.257 e. The van der Waals surface area contributed by atoms with E-state index in [-0.39, 0.29) is 36.5 Å². The second kappa shape index (κ2) is 9.75. The fourth-order valence-corrected chi connectivity index (χ4v) is 4.49. The molecule has 0 aromatic rings. The Morgan fingerprint density at radius 1 is 1.19 bits per heavy atom. The fraction of sp³-hybridized carbons (Fsp3) is 0.909. The third-order valence-electron chi connectivity index (χ3n) is 2.65. The van der Waals surface area contributed by atoms with Crippen molar-refractivity contribution in [2.24, 2.45) is 0 Å². The maximum absolute atomic E-state index is 11.4. The summed E-state index contributed by atoms with van der Waals surface area (Å²) in [7, 11) is -3.10. The van der Waals surface area contributed by atoms with Crippen LogP contribution in [0.25, 0.3) is 0 Å². The van der Waals surface area contributed by atoms with E-state index in [0.717, 1.165) is 0 Å². The quantitative estimate of drug-likeness (QED) is 0.316. The van der Waals surface area contributed by atoms with Gasteiger partial charge >= 0.3 is 0 Å². The number of halogens is 1. The summed E-state index contributed by atoms with van der Waals surface area (Å²) in [6.07, 6.45) is 0. The van der Waals surface area contributed by atoms with Gasteiger partial charge in [-0.1, -0.05) is 0 Å². The molecule has 0 unspecified atom stereocenters. The van der Waals surface area contributed by atoms with Crippen LogP contribution in [0.15, 0.2) is 0 Å². The SMILES string of the molecule is O=S1(=O)C[C@@H](Cl)[C@H](NC(=S)OCCOCCOCCO)C1. The van der Waals surface area contributed by atoms with Crippen LogP contribution in [0.3, 0.4) is 0 Å². The van der Waals surface area contributed by atoms with Gasteiger partial charge in [0.2, 0.25) is 0 Å². The Labute approximate surface area is 134 Å².